The summed E-state index contributed by atoms with van der Waals surface area (Å²) in [6.07, 6.45) is 7.64. The van der Waals surface area contributed by atoms with E-state index in [2.05, 4.69) is 15.6 Å². The van der Waals surface area contributed by atoms with Gasteiger partial charge in [0.25, 0.3) is 5.91 Å². The third-order valence-electron chi connectivity index (χ3n) is 5.56. The number of aromatic nitrogens is 2. The number of rotatable bonds is 9. The second-order valence-electron chi connectivity index (χ2n) is 7.87. The number of thioether (sulfide) groups is 1. The number of fused-ring (bicyclic) bond motifs is 1. The molecular formula is C24H28N4O3S2. The van der Waals surface area contributed by atoms with Crippen LogP contribution in [0.3, 0.4) is 0 Å². The van der Waals surface area contributed by atoms with Gasteiger partial charge < -0.3 is 15.4 Å². The SMILES string of the molecule is COCCNC(=O)c1c(NC(=O)CSc2nccn2-c2ccccc2C)sc2c1CCCC2. The highest BCUT2D eigenvalue weighted by molar-refractivity contribution is 7.99. The van der Waals surface area contributed by atoms with Crippen LogP contribution in [0.25, 0.3) is 5.69 Å². The van der Waals surface area contributed by atoms with Crippen molar-refractivity contribution in [3.63, 3.8) is 0 Å². The van der Waals surface area contributed by atoms with Crippen molar-refractivity contribution in [1.29, 1.82) is 0 Å². The van der Waals surface area contributed by atoms with Gasteiger partial charge in [0.15, 0.2) is 5.16 Å². The molecule has 0 radical (unpaired) electrons. The monoisotopic (exact) mass is 484 g/mol. The van der Waals surface area contributed by atoms with Gasteiger partial charge in [-0.3, -0.25) is 14.2 Å². The fourth-order valence-corrected chi connectivity index (χ4v) is 6.02. The molecule has 4 rings (SSSR count). The predicted octanol–water partition coefficient (Wildman–Crippen LogP) is 4.23. The number of para-hydroxylation sites is 1. The maximum atomic E-state index is 12.9. The molecule has 0 spiro atoms. The largest absolute Gasteiger partial charge is 0.383 e. The van der Waals surface area contributed by atoms with Gasteiger partial charge in [-0.25, -0.2) is 4.98 Å². The second-order valence-corrected chi connectivity index (χ2v) is 9.91. The Labute approximate surface area is 201 Å². The molecule has 0 saturated carbocycles. The van der Waals surface area contributed by atoms with E-state index in [-0.39, 0.29) is 17.6 Å². The van der Waals surface area contributed by atoms with Crippen molar-refractivity contribution >= 4 is 39.9 Å². The van der Waals surface area contributed by atoms with E-state index in [1.54, 1.807) is 13.3 Å². The van der Waals surface area contributed by atoms with E-state index in [1.807, 2.05) is 42.0 Å². The Hall–Kier alpha value is -2.62. The highest BCUT2D eigenvalue weighted by Gasteiger charge is 2.26. The smallest absolute Gasteiger partial charge is 0.254 e. The minimum Gasteiger partial charge on any atom is -0.383 e. The Morgan fingerprint density at radius 2 is 2.06 bits per heavy atom. The molecule has 1 aliphatic carbocycles. The van der Waals surface area contributed by atoms with Crippen molar-refractivity contribution in [2.45, 2.75) is 37.8 Å². The number of carbonyl (C=O) groups excluding carboxylic acids is 2. The molecule has 2 heterocycles. The Morgan fingerprint density at radius 3 is 2.88 bits per heavy atom. The number of ether oxygens (including phenoxy) is 1. The molecule has 0 bridgehead atoms. The Bertz CT molecular complexity index is 1140. The number of imidazole rings is 1. The quantitative estimate of drug-likeness (QED) is 0.351. The first-order valence-electron chi connectivity index (χ1n) is 11.0. The van der Waals surface area contributed by atoms with Crippen LogP contribution >= 0.6 is 23.1 Å². The number of amides is 2. The number of carbonyl (C=O) groups is 2. The van der Waals surface area contributed by atoms with Crippen molar-refractivity contribution < 1.29 is 14.3 Å². The van der Waals surface area contributed by atoms with E-state index < -0.39 is 0 Å². The van der Waals surface area contributed by atoms with Gasteiger partial charge in [0.05, 0.1) is 23.6 Å². The van der Waals surface area contributed by atoms with Gasteiger partial charge in [-0.2, -0.15) is 0 Å². The number of benzene rings is 1. The lowest BCUT2D eigenvalue weighted by Gasteiger charge is -2.13. The topological polar surface area (TPSA) is 85.2 Å². The fourth-order valence-electron chi connectivity index (χ4n) is 3.96. The lowest BCUT2D eigenvalue weighted by atomic mass is 9.95. The summed E-state index contributed by atoms with van der Waals surface area (Å²) in [6, 6.07) is 8.07. The first-order valence-corrected chi connectivity index (χ1v) is 12.8. The van der Waals surface area contributed by atoms with Crippen molar-refractivity contribution in [1.82, 2.24) is 14.9 Å². The van der Waals surface area contributed by atoms with Gasteiger partial charge in [0.2, 0.25) is 5.91 Å². The second kappa shape index (κ2) is 11.0. The molecule has 0 atom stereocenters. The lowest BCUT2D eigenvalue weighted by molar-refractivity contribution is -0.113. The van der Waals surface area contributed by atoms with Crippen molar-refractivity contribution in [3.8, 4) is 5.69 Å². The molecule has 0 aliphatic heterocycles. The zero-order valence-electron chi connectivity index (χ0n) is 18.8. The molecule has 9 heteroatoms. The van der Waals surface area contributed by atoms with E-state index in [0.29, 0.717) is 23.7 Å². The number of aryl methyl sites for hydroxylation is 2. The summed E-state index contributed by atoms with van der Waals surface area (Å²) in [7, 11) is 1.60. The summed E-state index contributed by atoms with van der Waals surface area (Å²) >= 11 is 2.91. The van der Waals surface area contributed by atoms with Crippen molar-refractivity contribution in [2.24, 2.45) is 0 Å². The van der Waals surface area contributed by atoms with E-state index in [0.717, 1.165) is 47.7 Å². The summed E-state index contributed by atoms with van der Waals surface area (Å²) in [4.78, 5) is 31.4. The molecule has 7 nitrogen and oxygen atoms in total. The van der Waals surface area contributed by atoms with Crippen LogP contribution in [0.5, 0.6) is 0 Å². The third kappa shape index (κ3) is 5.48. The molecule has 3 aromatic rings. The van der Waals surface area contributed by atoms with Gasteiger partial charge in [0.1, 0.15) is 5.00 Å². The average molecular weight is 485 g/mol. The molecule has 0 fully saturated rings. The minimum atomic E-state index is -0.149. The Morgan fingerprint density at radius 1 is 1.24 bits per heavy atom. The van der Waals surface area contributed by atoms with Gasteiger partial charge in [0, 0.05) is 30.9 Å². The van der Waals surface area contributed by atoms with Crippen LogP contribution in [-0.4, -0.2) is 47.4 Å². The number of nitrogens with one attached hydrogen (secondary N) is 2. The highest BCUT2D eigenvalue weighted by atomic mass is 32.2. The van der Waals surface area contributed by atoms with Gasteiger partial charge in [-0.15, -0.1) is 11.3 Å². The number of anilines is 1. The van der Waals surface area contributed by atoms with E-state index in [1.165, 1.54) is 28.0 Å². The van der Waals surface area contributed by atoms with Gasteiger partial charge in [-0.1, -0.05) is 30.0 Å². The van der Waals surface area contributed by atoms with Crippen molar-refractivity contribution in [3.05, 3.63) is 58.2 Å². The molecule has 2 N–H and O–H groups in total. The number of hydrogen-bond acceptors (Lipinski definition) is 6. The fraction of sp³-hybridized carbons (Fsp3) is 0.375. The highest BCUT2D eigenvalue weighted by Crippen LogP contribution is 2.38. The maximum Gasteiger partial charge on any atom is 0.254 e. The van der Waals surface area contributed by atoms with E-state index in [4.69, 9.17) is 4.74 Å². The zero-order valence-corrected chi connectivity index (χ0v) is 20.5. The van der Waals surface area contributed by atoms with E-state index >= 15 is 0 Å². The normalized spacial score (nSPS) is 12.9. The summed E-state index contributed by atoms with van der Waals surface area (Å²) in [5.41, 5.74) is 3.87. The van der Waals surface area contributed by atoms with Crippen LogP contribution in [0.15, 0.2) is 41.8 Å². The number of hydrogen-bond donors (Lipinski definition) is 2. The first kappa shape index (κ1) is 23.5. The lowest BCUT2D eigenvalue weighted by Crippen LogP contribution is -2.29. The molecule has 1 aliphatic rings. The maximum absolute atomic E-state index is 12.9. The molecular weight excluding hydrogens is 456 g/mol. The molecule has 0 unspecified atom stereocenters. The van der Waals surface area contributed by atoms with Gasteiger partial charge >= 0.3 is 0 Å². The number of nitrogens with zero attached hydrogens (tertiary/aromatic N) is 2. The Kier molecular flexibility index (Phi) is 7.85. The van der Waals surface area contributed by atoms with Crippen LogP contribution in [0.4, 0.5) is 5.00 Å². The molecule has 2 aromatic heterocycles. The first-order chi connectivity index (χ1) is 16.1. The molecule has 0 saturated heterocycles. The van der Waals surface area contributed by atoms with Crippen LogP contribution in [0.1, 0.15) is 39.2 Å². The average Bonchev–Trinajstić information content (AvgIpc) is 3.42. The predicted molar refractivity (Wildman–Crippen MR) is 133 cm³/mol. The zero-order chi connectivity index (χ0) is 23.2. The molecule has 33 heavy (non-hydrogen) atoms. The summed E-state index contributed by atoms with van der Waals surface area (Å²) in [6.45, 7) is 2.93. The molecule has 1 aromatic carbocycles. The number of methoxy groups -OCH3 is 1. The van der Waals surface area contributed by atoms with Crippen LogP contribution < -0.4 is 10.6 Å². The van der Waals surface area contributed by atoms with Crippen molar-refractivity contribution in [2.75, 3.05) is 31.3 Å². The van der Waals surface area contributed by atoms with E-state index in [9.17, 15) is 9.59 Å². The summed E-state index contributed by atoms with van der Waals surface area (Å²) < 4.78 is 7.03. The van der Waals surface area contributed by atoms with Crippen LogP contribution in [-0.2, 0) is 22.4 Å². The summed E-state index contributed by atoms with van der Waals surface area (Å²) in [5, 5.41) is 7.31. The summed E-state index contributed by atoms with van der Waals surface area (Å²) in [5.74, 6) is -0.0932. The van der Waals surface area contributed by atoms with Gasteiger partial charge in [-0.05, 0) is 49.8 Å². The molecule has 174 valence electrons. The third-order valence-corrected chi connectivity index (χ3v) is 7.73. The minimum absolute atomic E-state index is 0.149. The number of thiophene rings is 1. The standard InChI is InChI=1S/C24H28N4O3S2/c1-16-7-3-5-9-18(16)28-13-11-26-24(28)32-15-20(29)27-23-21(22(30)25-12-14-31-2)17-8-4-6-10-19(17)33-23/h3,5,7,9,11,13H,4,6,8,10,12,14-15H2,1-2H3,(H,25,30)(H,27,29). The van der Waals surface area contributed by atoms with Crippen LogP contribution in [0.2, 0.25) is 0 Å². The van der Waals surface area contributed by atoms with Crippen LogP contribution in [0, 0.1) is 6.92 Å². The Balaban J connectivity index is 1.46. The molecule has 2 amide bonds.